The van der Waals surface area contributed by atoms with Gasteiger partial charge in [0.15, 0.2) is 0 Å². The molecule has 0 aromatic carbocycles. The first-order valence-corrected chi connectivity index (χ1v) is 7.09. The van der Waals surface area contributed by atoms with E-state index in [1.807, 2.05) is 18.0 Å². The zero-order chi connectivity index (χ0) is 12.3. The molecule has 2 rings (SSSR count). The molecule has 0 radical (unpaired) electrons. The standard InChI is InChI=1S/C13H20N2OS/c1-10(12-4-3-9-17-12)15(2)13(16)7-8-14-11-5-6-11/h3-4,9-11,14H,5-8H2,1-2H3. The molecular formula is C13H20N2OS. The van der Waals surface area contributed by atoms with Crippen LogP contribution >= 0.6 is 11.3 Å². The van der Waals surface area contributed by atoms with Gasteiger partial charge in [0.1, 0.15) is 0 Å². The zero-order valence-corrected chi connectivity index (χ0v) is 11.3. The summed E-state index contributed by atoms with van der Waals surface area (Å²) in [4.78, 5) is 15.1. The van der Waals surface area contributed by atoms with Gasteiger partial charge < -0.3 is 10.2 Å². The van der Waals surface area contributed by atoms with Crippen LogP contribution in [0.15, 0.2) is 17.5 Å². The van der Waals surface area contributed by atoms with Gasteiger partial charge in [-0.15, -0.1) is 11.3 Å². The van der Waals surface area contributed by atoms with Crippen molar-refractivity contribution in [3.8, 4) is 0 Å². The van der Waals surface area contributed by atoms with E-state index >= 15 is 0 Å². The minimum absolute atomic E-state index is 0.184. The Labute approximate surface area is 107 Å². The van der Waals surface area contributed by atoms with Gasteiger partial charge in [0.25, 0.3) is 0 Å². The van der Waals surface area contributed by atoms with Crippen molar-refractivity contribution in [1.29, 1.82) is 0 Å². The van der Waals surface area contributed by atoms with Crippen LogP contribution in [0.5, 0.6) is 0 Å². The molecule has 1 saturated carbocycles. The van der Waals surface area contributed by atoms with Crippen LogP contribution in [0.4, 0.5) is 0 Å². The van der Waals surface area contributed by atoms with Gasteiger partial charge in [0, 0.05) is 30.9 Å². The first-order chi connectivity index (χ1) is 8.18. The van der Waals surface area contributed by atoms with Gasteiger partial charge in [0.05, 0.1) is 6.04 Å². The maximum absolute atomic E-state index is 12.0. The van der Waals surface area contributed by atoms with Crippen LogP contribution < -0.4 is 5.32 Å². The van der Waals surface area contributed by atoms with Crippen molar-refractivity contribution in [1.82, 2.24) is 10.2 Å². The third-order valence-corrected chi connectivity index (χ3v) is 4.32. The van der Waals surface area contributed by atoms with Crippen molar-refractivity contribution < 1.29 is 4.79 Å². The largest absolute Gasteiger partial charge is 0.338 e. The molecule has 1 heterocycles. The molecular weight excluding hydrogens is 232 g/mol. The number of nitrogens with zero attached hydrogens (tertiary/aromatic N) is 1. The van der Waals surface area contributed by atoms with Gasteiger partial charge in [-0.1, -0.05) is 6.07 Å². The second-order valence-corrected chi connectivity index (χ2v) is 5.65. The summed E-state index contributed by atoms with van der Waals surface area (Å²) in [6, 6.07) is 4.98. The Balaban J connectivity index is 1.77. The van der Waals surface area contributed by atoms with E-state index in [0.29, 0.717) is 12.5 Å². The Kier molecular flexibility index (Phi) is 4.18. The molecule has 94 valence electrons. The van der Waals surface area contributed by atoms with E-state index in [2.05, 4.69) is 23.7 Å². The first kappa shape index (κ1) is 12.6. The maximum Gasteiger partial charge on any atom is 0.224 e. The van der Waals surface area contributed by atoms with E-state index in [1.165, 1.54) is 17.7 Å². The van der Waals surface area contributed by atoms with Crippen LogP contribution in [0, 0.1) is 0 Å². The molecule has 1 aliphatic carbocycles. The average Bonchev–Trinajstić information content (AvgIpc) is 2.98. The lowest BCUT2D eigenvalue weighted by Gasteiger charge is -2.24. The van der Waals surface area contributed by atoms with Gasteiger partial charge in [-0.2, -0.15) is 0 Å². The molecule has 0 spiro atoms. The molecule has 0 bridgehead atoms. The summed E-state index contributed by atoms with van der Waals surface area (Å²) in [5, 5.41) is 5.43. The van der Waals surface area contributed by atoms with Crippen LogP contribution in [-0.2, 0) is 4.79 Å². The third-order valence-electron chi connectivity index (χ3n) is 3.28. The maximum atomic E-state index is 12.0. The van der Waals surface area contributed by atoms with E-state index in [-0.39, 0.29) is 11.9 Å². The molecule has 0 aliphatic heterocycles. The molecule has 3 nitrogen and oxygen atoms in total. The average molecular weight is 252 g/mol. The zero-order valence-electron chi connectivity index (χ0n) is 10.5. The molecule has 1 aliphatic rings. The molecule has 4 heteroatoms. The second-order valence-electron chi connectivity index (χ2n) is 4.67. The molecule has 1 amide bonds. The fourth-order valence-electron chi connectivity index (χ4n) is 1.78. The highest BCUT2D eigenvalue weighted by Crippen LogP contribution is 2.23. The number of rotatable bonds is 6. The molecule has 1 fully saturated rings. The SMILES string of the molecule is CC(c1cccs1)N(C)C(=O)CCNC1CC1. The predicted molar refractivity (Wildman–Crippen MR) is 71.1 cm³/mol. The molecule has 1 aromatic heterocycles. The highest BCUT2D eigenvalue weighted by atomic mass is 32.1. The first-order valence-electron chi connectivity index (χ1n) is 6.21. The molecule has 17 heavy (non-hydrogen) atoms. The number of nitrogens with one attached hydrogen (secondary N) is 1. The molecule has 1 unspecified atom stereocenters. The topological polar surface area (TPSA) is 32.3 Å². The minimum atomic E-state index is 0.184. The van der Waals surface area contributed by atoms with Gasteiger partial charge in [-0.05, 0) is 31.2 Å². The summed E-state index contributed by atoms with van der Waals surface area (Å²) in [6.07, 6.45) is 3.15. The van der Waals surface area contributed by atoms with Crippen molar-refractivity contribution in [3.63, 3.8) is 0 Å². The highest BCUT2D eigenvalue weighted by Gasteiger charge is 2.22. The van der Waals surface area contributed by atoms with Gasteiger partial charge >= 0.3 is 0 Å². The number of hydrogen-bond donors (Lipinski definition) is 1. The number of thiophene rings is 1. The van der Waals surface area contributed by atoms with Crippen LogP contribution in [0.25, 0.3) is 0 Å². The van der Waals surface area contributed by atoms with Crippen molar-refractivity contribution in [2.45, 2.75) is 38.3 Å². The smallest absolute Gasteiger partial charge is 0.224 e. The van der Waals surface area contributed by atoms with Crippen molar-refractivity contribution in [2.75, 3.05) is 13.6 Å². The fourth-order valence-corrected chi connectivity index (χ4v) is 2.61. The Bertz CT molecular complexity index is 360. The Hall–Kier alpha value is -0.870. The normalized spacial score (nSPS) is 16.8. The lowest BCUT2D eigenvalue weighted by Crippen LogP contribution is -2.32. The van der Waals surface area contributed by atoms with Gasteiger partial charge in [-0.3, -0.25) is 4.79 Å². The quantitative estimate of drug-likeness (QED) is 0.843. The van der Waals surface area contributed by atoms with Crippen molar-refractivity contribution >= 4 is 17.2 Å². The second kappa shape index (κ2) is 5.65. The van der Waals surface area contributed by atoms with Crippen LogP contribution in [0.2, 0.25) is 0 Å². The van der Waals surface area contributed by atoms with E-state index in [1.54, 1.807) is 11.3 Å². The lowest BCUT2D eigenvalue weighted by molar-refractivity contribution is -0.131. The number of carbonyl (C=O) groups is 1. The van der Waals surface area contributed by atoms with Crippen molar-refractivity contribution in [2.24, 2.45) is 0 Å². The number of amides is 1. The Morgan fingerprint density at radius 2 is 2.41 bits per heavy atom. The summed E-state index contributed by atoms with van der Waals surface area (Å²) in [5.41, 5.74) is 0. The van der Waals surface area contributed by atoms with Crippen molar-refractivity contribution in [3.05, 3.63) is 22.4 Å². The predicted octanol–water partition coefficient (Wildman–Crippen LogP) is 2.41. The minimum Gasteiger partial charge on any atom is -0.338 e. The number of carbonyl (C=O) groups excluding carboxylic acids is 1. The Morgan fingerprint density at radius 1 is 1.65 bits per heavy atom. The summed E-state index contributed by atoms with van der Waals surface area (Å²) in [7, 11) is 1.89. The van der Waals surface area contributed by atoms with Crippen LogP contribution in [0.1, 0.15) is 37.1 Å². The lowest BCUT2D eigenvalue weighted by atomic mass is 10.2. The Morgan fingerprint density at radius 3 is 3.00 bits per heavy atom. The van der Waals surface area contributed by atoms with E-state index in [4.69, 9.17) is 0 Å². The van der Waals surface area contributed by atoms with Gasteiger partial charge in [-0.25, -0.2) is 0 Å². The highest BCUT2D eigenvalue weighted by molar-refractivity contribution is 7.10. The summed E-state index contributed by atoms with van der Waals surface area (Å²) >= 11 is 1.71. The fraction of sp³-hybridized carbons (Fsp3) is 0.615. The van der Waals surface area contributed by atoms with E-state index in [0.717, 1.165) is 6.54 Å². The summed E-state index contributed by atoms with van der Waals surface area (Å²) < 4.78 is 0. The van der Waals surface area contributed by atoms with Crippen LogP contribution in [0.3, 0.4) is 0 Å². The molecule has 1 aromatic rings. The molecule has 1 N–H and O–H groups in total. The number of hydrogen-bond acceptors (Lipinski definition) is 3. The monoisotopic (exact) mass is 252 g/mol. The molecule has 0 saturated heterocycles. The van der Waals surface area contributed by atoms with Gasteiger partial charge in [0.2, 0.25) is 5.91 Å². The van der Waals surface area contributed by atoms with E-state index in [9.17, 15) is 4.79 Å². The summed E-state index contributed by atoms with van der Waals surface area (Å²) in [6.45, 7) is 2.89. The van der Waals surface area contributed by atoms with E-state index < -0.39 is 0 Å². The summed E-state index contributed by atoms with van der Waals surface area (Å²) in [5.74, 6) is 0.221. The molecule has 1 atom stereocenters. The van der Waals surface area contributed by atoms with Crippen LogP contribution in [-0.4, -0.2) is 30.4 Å². The third kappa shape index (κ3) is 3.54.